The van der Waals surface area contributed by atoms with Crippen molar-refractivity contribution in [2.75, 3.05) is 26.2 Å². The molecule has 1 heterocycles. The van der Waals surface area contributed by atoms with Crippen LogP contribution in [0, 0.1) is 0 Å². The van der Waals surface area contributed by atoms with E-state index >= 15 is 0 Å². The van der Waals surface area contributed by atoms with E-state index in [1.165, 1.54) is 31.2 Å². The van der Waals surface area contributed by atoms with Gasteiger partial charge < -0.3 is 9.64 Å². The van der Waals surface area contributed by atoms with Crippen LogP contribution in [0.15, 0.2) is 24.3 Å². The molecule has 0 atom stereocenters. The van der Waals surface area contributed by atoms with Crippen molar-refractivity contribution in [3.05, 3.63) is 35.4 Å². The van der Waals surface area contributed by atoms with Gasteiger partial charge in [0.25, 0.3) is 0 Å². The number of carbonyl (C=O) groups is 2. The molecule has 0 aromatic heterocycles. The van der Waals surface area contributed by atoms with Gasteiger partial charge in [0.2, 0.25) is 0 Å². The van der Waals surface area contributed by atoms with Crippen LogP contribution in [0.4, 0.5) is 4.79 Å². The number of aldehydes is 1. The summed E-state index contributed by atoms with van der Waals surface area (Å²) in [6.45, 7) is 9.10. The Morgan fingerprint density at radius 2 is 1.59 bits per heavy atom. The van der Waals surface area contributed by atoms with E-state index in [1.807, 2.05) is 37.8 Å². The molecule has 2 aliphatic rings. The smallest absolute Gasteiger partial charge is 0.410 e. The second-order valence-electron chi connectivity index (χ2n) is 8.79. The predicted molar refractivity (Wildman–Crippen MR) is 106 cm³/mol. The van der Waals surface area contributed by atoms with Crippen molar-refractivity contribution in [3.63, 3.8) is 0 Å². The summed E-state index contributed by atoms with van der Waals surface area (Å²) in [5.74, 6) is 0.602. The third kappa shape index (κ3) is 5.32. The quantitative estimate of drug-likeness (QED) is 0.750. The van der Waals surface area contributed by atoms with Gasteiger partial charge in [-0.25, -0.2) is 4.79 Å². The first-order valence-corrected chi connectivity index (χ1v) is 10.1. The third-order valence-corrected chi connectivity index (χ3v) is 5.72. The van der Waals surface area contributed by atoms with Crippen LogP contribution in [-0.4, -0.2) is 60.0 Å². The summed E-state index contributed by atoms with van der Waals surface area (Å²) in [5, 5.41) is 0. The molecule has 0 N–H and O–H groups in total. The molecule has 3 rings (SSSR count). The molecule has 148 valence electrons. The van der Waals surface area contributed by atoms with Gasteiger partial charge in [-0.2, -0.15) is 0 Å². The summed E-state index contributed by atoms with van der Waals surface area (Å²) in [6.07, 6.45) is 5.50. The van der Waals surface area contributed by atoms with Crippen LogP contribution in [0.2, 0.25) is 0 Å². The van der Waals surface area contributed by atoms with Gasteiger partial charge in [0.15, 0.2) is 0 Å². The van der Waals surface area contributed by atoms with Gasteiger partial charge in [-0.05, 0) is 57.9 Å². The zero-order chi connectivity index (χ0) is 19.4. The SMILES string of the molecule is CC(C)(C)OC(=O)N1CCN(C2CCC(c3ccc(C=O)cc3)CC2)CC1. The molecule has 1 aliphatic carbocycles. The third-order valence-electron chi connectivity index (χ3n) is 5.72. The van der Waals surface area contributed by atoms with Gasteiger partial charge in [-0.15, -0.1) is 0 Å². The standard InChI is InChI=1S/C22H32N2O3/c1-22(2,3)27-21(26)24-14-12-23(13-15-24)20-10-8-19(9-11-20)18-6-4-17(16-25)5-7-18/h4-7,16,19-20H,8-15H2,1-3H3. The first kappa shape index (κ1) is 19.9. The number of carbonyl (C=O) groups excluding carboxylic acids is 2. The molecule has 1 aliphatic heterocycles. The Morgan fingerprint density at radius 3 is 2.11 bits per heavy atom. The summed E-state index contributed by atoms with van der Waals surface area (Å²) in [5.41, 5.74) is 1.67. The molecule has 27 heavy (non-hydrogen) atoms. The Morgan fingerprint density at radius 1 is 1.00 bits per heavy atom. The minimum Gasteiger partial charge on any atom is -0.444 e. The fraction of sp³-hybridized carbons (Fsp3) is 0.636. The number of hydrogen-bond donors (Lipinski definition) is 0. The summed E-state index contributed by atoms with van der Waals surface area (Å²) in [6, 6.07) is 8.67. The Bertz CT molecular complexity index is 635. The molecule has 0 radical (unpaired) electrons. The number of nitrogens with zero attached hydrogens (tertiary/aromatic N) is 2. The van der Waals surface area contributed by atoms with Gasteiger partial charge in [-0.1, -0.05) is 24.3 Å². The van der Waals surface area contributed by atoms with Crippen molar-refractivity contribution in [3.8, 4) is 0 Å². The molecule has 2 fully saturated rings. The van der Waals surface area contributed by atoms with Gasteiger partial charge >= 0.3 is 6.09 Å². The van der Waals surface area contributed by atoms with Crippen molar-refractivity contribution in [1.82, 2.24) is 9.80 Å². The highest BCUT2D eigenvalue weighted by Crippen LogP contribution is 2.35. The number of amides is 1. The Kier molecular flexibility index (Phi) is 6.20. The molecule has 1 saturated carbocycles. The van der Waals surface area contributed by atoms with Crippen LogP contribution in [0.1, 0.15) is 68.3 Å². The number of rotatable bonds is 3. The van der Waals surface area contributed by atoms with Crippen LogP contribution in [0.25, 0.3) is 0 Å². The summed E-state index contributed by atoms with van der Waals surface area (Å²) in [4.78, 5) is 27.4. The Hall–Kier alpha value is -1.88. The lowest BCUT2D eigenvalue weighted by molar-refractivity contribution is 0.00787. The second kappa shape index (κ2) is 8.42. The van der Waals surface area contributed by atoms with Crippen molar-refractivity contribution in [2.24, 2.45) is 0 Å². The first-order chi connectivity index (χ1) is 12.9. The second-order valence-corrected chi connectivity index (χ2v) is 8.79. The van der Waals surface area contributed by atoms with Crippen molar-refractivity contribution < 1.29 is 14.3 Å². The Balaban J connectivity index is 1.45. The normalized spacial score (nSPS) is 24.5. The number of hydrogen-bond acceptors (Lipinski definition) is 4. The average molecular weight is 373 g/mol. The van der Waals surface area contributed by atoms with Gasteiger partial charge in [-0.3, -0.25) is 9.69 Å². The van der Waals surface area contributed by atoms with Crippen molar-refractivity contribution in [1.29, 1.82) is 0 Å². The largest absolute Gasteiger partial charge is 0.444 e. The van der Waals surface area contributed by atoms with Crippen molar-refractivity contribution in [2.45, 2.75) is 64.0 Å². The molecule has 0 bridgehead atoms. The van der Waals surface area contributed by atoms with E-state index < -0.39 is 5.60 Å². The molecule has 1 amide bonds. The molecule has 0 spiro atoms. The highest BCUT2D eigenvalue weighted by Gasteiger charge is 2.31. The fourth-order valence-electron chi connectivity index (χ4n) is 4.22. The maximum atomic E-state index is 12.2. The summed E-state index contributed by atoms with van der Waals surface area (Å²) >= 11 is 0. The summed E-state index contributed by atoms with van der Waals surface area (Å²) < 4.78 is 5.48. The molecule has 5 heteroatoms. The van der Waals surface area contributed by atoms with E-state index in [9.17, 15) is 9.59 Å². The van der Waals surface area contributed by atoms with E-state index in [0.717, 1.165) is 38.0 Å². The Labute approximate surface area is 162 Å². The van der Waals surface area contributed by atoms with E-state index in [0.29, 0.717) is 12.0 Å². The monoisotopic (exact) mass is 372 g/mol. The molecule has 1 aromatic carbocycles. The highest BCUT2D eigenvalue weighted by molar-refractivity contribution is 5.74. The van der Waals surface area contributed by atoms with E-state index in [1.54, 1.807) is 0 Å². The number of ether oxygens (including phenoxy) is 1. The van der Waals surface area contributed by atoms with Gasteiger partial charge in [0.05, 0.1) is 0 Å². The highest BCUT2D eigenvalue weighted by atomic mass is 16.6. The van der Waals surface area contributed by atoms with Crippen LogP contribution >= 0.6 is 0 Å². The van der Waals surface area contributed by atoms with E-state index in [2.05, 4.69) is 17.0 Å². The topological polar surface area (TPSA) is 49.9 Å². The molecule has 0 unspecified atom stereocenters. The van der Waals surface area contributed by atoms with Gasteiger partial charge in [0.1, 0.15) is 11.9 Å². The van der Waals surface area contributed by atoms with Crippen LogP contribution in [0.5, 0.6) is 0 Å². The zero-order valence-electron chi connectivity index (χ0n) is 16.8. The first-order valence-electron chi connectivity index (χ1n) is 10.1. The maximum Gasteiger partial charge on any atom is 0.410 e. The summed E-state index contributed by atoms with van der Waals surface area (Å²) in [7, 11) is 0. The molecule has 1 aromatic rings. The van der Waals surface area contributed by atoms with E-state index in [-0.39, 0.29) is 6.09 Å². The minimum absolute atomic E-state index is 0.190. The van der Waals surface area contributed by atoms with E-state index in [4.69, 9.17) is 4.74 Å². The maximum absolute atomic E-state index is 12.2. The van der Waals surface area contributed by atoms with Crippen LogP contribution in [-0.2, 0) is 4.74 Å². The minimum atomic E-state index is -0.434. The fourth-order valence-corrected chi connectivity index (χ4v) is 4.22. The molecule has 1 saturated heterocycles. The number of benzene rings is 1. The van der Waals surface area contributed by atoms with Gasteiger partial charge in [0, 0.05) is 37.8 Å². The molecular weight excluding hydrogens is 340 g/mol. The molecule has 5 nitrogen and oxygen atoms in total. The lowest BCUT2D eigenvalue weighted by atomic mass is 9.81. The lowest BCUT2D eigenvalue weighted by Gasteiger charge is -2.42. The van der Waals surface area contributed by atoms with Crippen LogP contribution in [0.3, 0.4) is 0 Å². The molecular formula is C22H32N2O3. The van der Waals surface area contributed by atoms with Crippen LogP contribution < -0.4 is 0 Å². The lowest BCUT2D eigenvalue weighted by Crippen LogP contribution is -2.53. The zero-order valence-corrected chi connectivity index (χ0v) is 16.8. The van der Waals surface area contributed by atoms with Crippen molar-refractivity contribution >= 4 is 12.4 Å². The average Bonchev–Trinajstić information content (AvgIpc) is 2.67. The number of piperazine rings is 1. The predicted octanol–water partition coefficient (Wildman–Crippen LogP) is 4.08.